The lowest BCUT2D eigenvalue weighted by Crippen LogP contribution is -1.98. The first kappa shape index (κ1) is 13.7. The van der Waals surface area contributed by atoms with Crippen LogP contribution in [-0.2, 0) is 0 Å². The van der Waals surface area contributed by atoms with Crippen molar-refractivity contribution < 1.29 is 4.92 Å². The van der Waals surface area contributed by atoms with Gasteiger partial charge in [-0.2, -0.15) is 0 Å². The quantitative estimate of drug-likeness (QED) is 0.584. The summed E-state index contributed by atoms with van der Waals surface area (Å²) in [5.41, 5.74) is 2.35. The summed E-state index contributed by atoms with van der Waals surface area (Å²) in [7, 11) is 0. The van der Waals surface area contributed by atoms with E-state index in [0.717, 1.165) is 11.3 Å². The third-order valence-corrected chi connectivity index (χ3v) is 3.04. The minimum atomic E-state index is -0.438. The SMILES string of the molecule is O=[N+]([O-])c1cccc(Nc2nccc(-c3ccccc3)n2)c1. The van der Waals surface area contributed by atoms with E-state index in [2.05, 4.69) is 15.3 Å². The van der Waals surface area contributed by atoms with Crippen molar-refractivity contribution in [1.29, 1.82) is 0 Å². The predicted octanol–water partition coefficient (Wildman–Crippen LogP) is 3.80. The summed E-state index contributed by atoms with van der Waals surface area (Å²) in [6, 6.07) is 17.8. The second-order valence-electron chi connectivity index (χ2n) is 4.56. The highest BCUT2D eigenvalue weighted by Gasteiger charge is 2.07. The Hall–Kier alpha value is -3.28. The highest BCUT2D eigenvalue weighted by atomic mass is 16.6. The fourth-order valence-corrected chi connectivity index (χ4v) is 2.01. The number of rotatable bonds is 4. The highest BCUT2D eigenvalue weighted by molar-refractivity contribution is 5.62. The number of non-ortho nitro benzene ring substituents is 1. The lowest BCUT2D eigenvalue weighted by atomic mass is 10.1. The number of hydrogen-bond donors (Lipinski definition) is 1. The first-order chi connectivity index (χ1) is 10.7. The minimum Gasteiger partial charge on any atom is -0.324 e. The van der Waals surface area contributed by atoms with Crippen molar-refractivity contribution in [3.63, 3.8) is 0 Å². The van der Waals surface area contributed by atoms with E-state index in [9.17, 15) is 10.1 Å². The molecular formula is C16H12N4O2. The maximum absolute atomic E-state index is 10.8. The van der Waals surface area contributed by atoms with Crippen molar-refractivity contribution in [2.45, 2.75) is 0 Å². The Morgan fingerprint density at radius 1 is 1.00 bits per heavy atom. The summed E-state index contributed by atoms with van der Waals surface area (Å²) in [5.74, 6) is 0.391. The number of nitrogens with one attached hydrogen (secondary N) is 1. The Kier molecular flexibility index (Phi) is 3.74. The average Bonchev–Trinajstić information content (AvgIpc) is 2.56. The molecule has 0 saturated heterocycles. The Bertz CT molecular complexity index is 806. The molecule has 6 heteroatoms. The maximum atomic E-state index is 10.8. The van der Waals surface area contributed by atoms with E-state index < -0.39 is 4.92 Å². The lowest BCUT2D eigenvalue weighted by Gasteiger charge is -2.06. The number of benzene rings is 2. The van der Waals surface area contributed by atoms with Crippen molar-refractivity contribution in [1.82, 2.24) is 9.97 Å². The molecule has 2 aromatic carbocycles. The van der Waals surface area contributed by atoms with Crippen LogP contribution in [0.25, 0.3) is 11.3 Å². The molecule has 3 rings (SSSR count). The van der Waals surface area contributed by atoms with Crippen LogP contribution in [-0.4, -0.2) is 14.9 Å². The summed E-state index contributed by atoms with van der Waals surface area (Å²) in [4.78, 5) is 18.9. The molecule has 0 aliphatic rings. The summed E-state index contributed by atoms with van der Waals surface area (Å²) < 4.78 is 0. The summed E-state index contributed by atoms with van der Waals surface area (Å²) >= 11 is 0. The van der Waals surface area contributed by atoms with Gasteiger partial charge < -0.3 is 5.32 Å². The van der Waals surface area contributed by atoms with Crippen LogP contribution in [0.1, 0.15) is 0 Å². The maximum Gasteiger partial charge on any atom is 0.271 e. The normalized spacial score (nSPS) is 10.2. The highest BCUT2D eigenvalue weighted by Crippen LogP contribution is 2.21. The van der Waals surface area contributed by atoms with E-state index in [-0.39, 0.29) is 5.69 Å². The second-order valence-corrected chi connectivity index (χ2v) is 4.56. The Balaban J connectivity index is 1.87. The molecule has 0 fully saturated rings. The zero-order valence-electron chi connectivity index (χ0n) is 11.5. The Morgan fingerprint density at radius 2 is 1.82 bits per heavy atom. The van der Waals surface area contributed by atoms with Crippen molar-refractivity contribution in [2.24, 2.45) is 0 Å². The summed E-state index contributed by atoms with van der Waals surface area (Å²) in [6.45, 7) is 0. The number of nitro groups is 1. The first-order valence-corrected chi connectivity index (χ1v) is 6.62. The van der Waals surface area contributed by atoms with E-state index in [1.807, 2.05) is 36.4 Å². The van der Waals surface area contributed by atoms with E-state index >= 15 is 0 Å². The lowest BCUT2D eigenvalue weighted by molar-refractivity contribution is -0.384. The first-order valence-electron chi connectivity index (χ1n) is 6.62. The van der Waals surface area contributed by atoms with Gasteiger partial charge in [-0.05, 0) is 12.1 Å². The largest absolute Gasteiger partial charge is 0.324 e. The molecule has 22 heavy (non-hydrogen) atoms. The number of nitro benzene ring substituents is 1. The second kappa shape index (κ2) is 6.01. The minimum absolute atomic E-state index is 0.0178. The van der Waals surface area contributed by atoms with E-state index in [1.54, 1.807) is 18.3 Å². The van der Waals surface area contributed by atoms with Gasteiger partial charge in [0, 0.05) is 29.6 Å². The van der Waals surface area contributed by atoms with E-state index in [1.165, 1.54) is 12.1 Å². The fraction of sp³-hybridized carbons (Fsp3) is 0. The number of hydrogen-bond acceptors (Lipinski definition) is 5. The molecule has 1 heterocycles. The molecule has 0 saturated carbocycles. The van der Waals surface area contributed by atoms with Gasteiger partial charge in [-0.3, -0.25) is 10.1 Å². The van der Waals surface area contributed by atoms with E-state index in [4.69, 9.17) is 0 Å². The average molecular weight is 292 g/mol. The van der Waals surface area contributed by atoms with Gasteiger partial charge in [0.15, 0.2) is 0 Å². The van der Waals surface area contributed by atoms with Crippen molar-refractivity contribution in [3.05, 3.63) is 77.0 Å². The molecule has 1 aromatic heterocycles. The molecule has 1 N–H and O–H groups in total. The van der Waals surface area contributed by atoms with Gasteiger partial charge in [0.1, 0.15) is 0 Å². The van der Waals surface area contributed by atoms with Crippen LogP contribution in [0.5, 0.6) is 0 Å². The van der Waals surface area contributed by atoms with Crippen LogP contribution in [0.15, 0.2) is 66.9 Å². The summed E-state index contributed by atoms with van der Waals surface area (Å²) in [5, 5.41) is 13.8. The zero-order chi connectivity index (χ0) is 15.4. The van der Waals surface area contributed by atoms with Crippen LogP contribution in [0.4, 0.5) is 17.3 Å². The van der Waals surface area contributed by atoms with Gasteiger partial charge in [-0.15, -0.1) is 0 Å². The standard InChI is InChI=1S/C16H12N4O2/c21-20(22)14-8-4-7-13(11-14)18-16-17-10-9-15(19-16)12-5-2-1-3-6-12/h1-11H,(H,17,18,19). The fourth-order valence-electron chi connectivity index (χ4n) is 2.01. The molecule has 0 atom stereocenters. The van der Waals surface area contributed by atoms with Gasteiger partial charge in [0.25, 0.3) is 5.69 Å². The molecular weight excluding hydrogens is 280 g/mol. The third kappa shape index (κ3) is 3.06. The molecule has 3 aromatic rings. The molecule has 0 aliphatic carbocycles. The van der Waals surface area contributed by atoms with E-state index in [0.29, 0.717) is 11.6 Å². The third-order valence-electron chi connectivity index (χ3n) is 3.04. The number of aromatic nitrogens is 2. The molecule has 0 unspecified atom stereocenters. The van der Waals surface area contributed by atoms with Gasteiger partial charge >= 0.3 is 0 Å². The van der Waals surface area contributed by atoms with Gasteiger partial charge in [0.2, 0.25) is 5.95 Å². The smallest absolute Gasteiger partial charge is 0.271 e. The van der Waals surface area contributed by atoms with Crippen molar-refractivity contribution >= 4 is 17.3 Å². The topological polar surface area (TPSA) is 81.0 Å². The Labute approximate surface area is 126 Å². The predicted molar refractivity (Wildman–Crippen MR) is 83.8 cm³/mol. The summed E-state index contributed by atoms with van der Waals surface area (Å²) in [6.07, 6.45) is 1.65. The molecule has 0 aliphatic heterocycles. The van der Waals surface area contributed by atoms with Gasteiger partial charge in [0.05, 0.1) is 10.6 Å². The molecule has 6 nitrogen and oxygen atoms in total. The van der Waals surface area contributed by atoms with Crippen LogP contribution >= 0.6 is 0 Å². The van der Waals surface area contributed by atoms with Gasteiger partial charge in [-0.1, -0.05) is 36.4 Å². The Morgan fingerprint density at radius 3 is 2.59 bits per heavy atom. The molecule has 0 amide bonds. The van der Waals surface area contributed by atoms with Crippen LogP contribution in [0, 0.1) is 10.1 Å². The van der Waals surface area contributed by atoms with Gasteiger partial charge in [-0.25, -0.2) is 9.97 Å². The molecule has 0 bridgehead atoms. The number of anilines is 2. The monoisotopic (exact) mass is 292 g/mol. The molecule has 0 radical (unpaired) electrons. The zero-order valence-corrected chi connectivity index (χ0v) is 11.5. The molecule has 0 spiro atoms. The number of nitrogens with zero attached hydrogens (tertiary/aromatic N) is 3. The van der Waals surface area contributed by atoms with Crippen molar-refractivity contribution in [2.75, 3.05) is 5.32 Å². The van der Waals surface area contributed by atoms with Crippen LogP contribution in [0.2, 0.25) is 0 Å². The van der Waals surface area contributed by atoms with Crippen LogP contribution in [0.3, 0.4) is 0 Å². The van der Waals surface area contributed by atoms with Crippen molar-refractivity contribution in [3.8, 4) is 11.3 Å². The van der Waals surface area contributed by atoms with Crippen LogP contribution < -0.4 is 5.32 Å². The molecule has 108 valence electrons.